The van der Waals surface area contributed by atoms with Gasteiger partial charge in [-0.25, -0.2) is 9.97 Å². The molecule has 5 aromatic carbocycles. The molecule has 40 heavy (non-hydrogen) atoms. The Bertz CT molecular complexity index is 2420. The van der Waals surface area contributed by atoms with Crippen molar-refractivity contribution in [2.75, 3.05) is 0 Å². The maximum atomic E-state index is 5.27. The maximum Gasteiger partial charge on any atom is 0.235 e. The van der Waals surface area contributed by atoms with Crippen LogP contribution in [0.5, 0.6) is 0 Å². The molecule has 0 aliphatic carbocycles. The highest BCUT2D eigenvalue weighted by Gasteiger charge is 2.20. The summed E-state index contributed by atoms with van der Waals surface area (Å²) in [5, 5.41) is 5.83. The van der Waals surface area contributed by atoms with E-state index < -0.39 is 0 Å². The molecule has 0 saturated heterocycles. The molecule has 0 atom stereocenters. The molecule has 0 spiro atoms. The van der Waals surface area contributed by atoms with Crippen molar-refractivity contribution in [2.45, 2.75) is 0 Å². The molecule has 5 heteroatoms. The predicted octanol–water partition coefficient (Wildman–Crippen LogP) is 8.35. The van der Waals surface area contributed by atoms with Gasteiger partial charge in [0.25, 0.3) is 0 Å². The van der Waals surface area contributed by atoms with Crippen molar-refractivity contribution in [3.8, 4) is 17.2 Å². The molecule has 0 radical (unpaired) electrons. The van der Waals surface area contributed by atoms with Crippen LogP contribution in [0.3, 0.4) is 0 Å². The standard InChI is InChI=1S/C35H21N5/c1-2-9-23(10-3-1)33-26-13-4-6-14-27(26)37-35(38-33)40-30-16-8-11-22-17-18-25-24-12-5-7-15-28(24)39(34(25)32(22)30)29-19-20-36-21-31(29)40/h1-21H. The monoisotopic (exact) mass is 511 g/mol. The van der Waals surface area contributed by atoms with E-state index in [4.69, 9.17) is 9.97 Å². The van der Waals surface area contributed by atoms with E-state index in [1.165, 1.54) is 32.6 Å². The molecule has 4 heterocycles. The zero-order valence-electron chi connectivity index (χ0n) is 21.4. The van der Waals surface area contributed by atoms with Gasteiger partial charge in [-0.3, -0.25) is 9.55 Å². The number of benzene rings is 5. The zero-order chi connectivity index (χ0) is 26.2. The maximum absolute atomic E-state index is 5.27. The normalized spacial score (nSPS) is 12.0. The smallest absolute Gasteiger partial charge is 0.235 e. The lowest BCUT2D eigenvalue weighted by Crippen LogP contribution is -2.05. The molecule has 0 fully saturated rings. The highest BCUT2D eigenvalue weighted by Crippen LogP contribution is 2.39. The molecular weight excluding hydrogens is 490 g/mol. The summed E-state index contributed by atoms with van der Waals surface area (Å²) >= 11 is 0. The Morgan fingerprint density at radius 2 is 1.32 bits per heavy atom. The van der Waals surface area contributed by atoms with Crippen molar-refractivity contribution in [3.05, 3.63) is 128 Å². The molecule has 0 aliphatic heterocycles. The van der Waals surface area contributed by atoms with E-state index in [0.717, 1.165) is 38.7 Å². The van der Waals surface area contributed by atoms with Crippen molar-refractivity contribution in [3.63, 3.8) is 0 Å². The van der Waals surface area contributed by atoms with Gasteiger partial charge in [0.1, 0.15) is 0 Å². The Hall–Kier alpha value is -5.55. The van der Waals surface area contributed by atoms with Crippen LogP contribution in [0.2, 0.25) is 0 Å². The number of aromatic nitrogens is 5. The molecule has 9 aromatic rings. The van der Waals surface area contributed by atoms with Crippen molar-refractivity contribution in [1.82, 2.24) is 23.9 Å². The van der Waals surface area contributed by atoms with Crippen LogP contribution in [0, 0.1) is 0 Å². The minimum absolute atomic E-state index is 0.617. The third-order valence-electron chi connectivity index (χ3n) is 7.99. The van der Waals surface area contributed by atoms with Gasteiger partial charge in [-0.2, -0.15) is 0 Å². The van der Waals surface area contributed by atoms with Crippen molar-refractivity contribution in [1.29, 1.82) is 0 Å². The lowest BCUT2D eigenvalue weighted by Gasteiger charge is -2.14. The van der Waals surface area contributed by atoms with Crippen molar-refractivity contribution >= 4 is 60.0 Å². The summed E-state index contributed by atoms with van der Waals surface area (Å²) in [4.78, 5) is 15.0. The average molecular weight is 512 g/mol. The van der Waals surface area contributed by atoms with Gasteiger partial charge in [-0.05, 0) is 29.7 Å². The Labute approximate surface area is 228 Å². The van der Waals surface area contributed by atoms with Crippen LogP contribution in [0.1, 0.15) is 0 Å². The van der Waals surface area contributed by atoms with Crippen molar-refractivity contribution < 1.29 is 0 Å². The van der Waals surface area contributed by atoms with Crippen LogP contribution in [0.4, 0.5) is 0 Å². The van der Waals surface area contributed by atoms with E-state index in [2.05, 4.69) is 111 Å². The van der Waals surface area contributed by atoms with Crippen LogP contribution < -0.4 is 0 Å². The molecule has 0 saturated carbocycles. The van der Waals surface area contributed by atoms with Gasteiger partial charge in [0.05, 0.1) is 45.0 Å². The highest BCUT2D eigenvalue weighted by atomic mass is 15.2. The molecule has 186 valence electrons. The summed E-state index contributed by atoms with van der Waals surface area (Å²) in [6, 6.07) is 40.3. The van der Waals surface area contributed by atoms with Crippen LogP contribution >= 0.6 is 0 Å². The molecule has 0 amide bonds. The largest absolute Gasteiger partial charge is 0.306 e. The lowest BCUT2D eigenvalue weighted by molar-refractivity contribution is 1.00. The average Bonchev–Trinajstić information content (AvgIpc) is 3.29. The number of nitrogens with zero attached hydrogens (tertiary/aromatic N) is 5. The number of fused-ring (bicyclic) bond motifs is 6. The quantitative estimate of drug-likeness (QED) is 0.234. The second-order valence-electron chi connectivity index (χ2n) is 10.1. The number of para-hydroxylation sites is 2. The van der Waals surface area contributed by atoms with Gasteiger partial charge in [0.15, 0.2) is 0 Å². The van der Waals surface area contributed by atoms with Gasteiger partial charge < -0.3 is 4.40 Å². The van der Waals surface area contributed by atoms with E-state index >= 15 is 0 Å². The summed E-state index contributed by atoms with van der Waals surface area (Å²) < 4.78 is 4.57. The molecular formula is C35H21N5. The Morgan fingerprint density at radius 3 is 2.25 bits per heavy atom. The van der Waals surface area contributed by atoms with Crippen LogP contribution in [-0.2, 0) is 0 Å². The van der Waals surface area contributed by atoms with Crippen molar-refractivity contribution in [2.24, 2.45) is 0 Å². The third kappa shape index (κ3) is 2.83. The van der Waals surface area contributed by atoms with E-state index in [0.29, 0.717) is 5.95 Å². The van der Waals surface area contributed by atoms with E-state index in [1.54, 1.807) is 0 Å². The van der Waals surface area contributed by atoms with Crippen LogP contribution in [0.15, 0.2) is 128 Å². The fourth-order valence-electron chi connectivity index (χ4n) is 6.31. The van der Waals surface area contributed by atoms with Gasteiger partial charge in [-0.15, -0.1) is 0 Å². The first-order valence-electron chi connectivity index (χ1n) is 13.4. The fraction of sp³-hybridized carbons (Fsp3) is 0. The summed E-state index contributed by atoms with van der Waals surface area (Å²) in [5.74, 6) is 0.617. The molecule has 5 nitrogen and oxygen atoms in total. The van der Waals surface area contributed by atoms with Gasteiger partial charge in [0, 0.05) is 33.3 Å². The second-order valence-corrected chi connectivity index (χ2v) is 10.1. The summed E-state index contributed by atoms with van der Waals surface area (Å²) in [6.07, 6.45) is 3.80. The van der Waals surface area contributed by atoms with E-state index in [-0.39, 0.29) is 0 Å². The topological polar surface area (TPSA) is 48.0 Å². The molecule has 9 rings (SSSR count). The van der Waals surface area contributed by atoms with Gasteiger partial charge >= 0.3 is 0 Å². The van der Waals surface area contributed by atoms with E-state index in [9.17, 15) is 0 Å². The zero-order valence-corrected chi connectivity index (χ0v) is 21.4. The van der Waals surface area contributed by atoms with Crippen LogP contribution in [0.25, 0.3) is 77.2 Å². The lowest BCUT2D eigenvalue weighted by atomic mass is 10.0. The second kappa shape index (κ2) is 7.98. The highest BCUT2D eigenvalue weighted by molar-refractivity contribution is 6.23. The summed E-state index contributed by atoms with van der Waals surface area (Å²) in [7, 11) is 0. The first-order chi connectivity index (χ1) is 19.9. The first-order valence-corrected chi connectivity index (χ1v) is 13.4. The summed E-state index contributed by atoms with van der Waals surface area (Å²) in [5.41, 5.74) is 8.23. The third-order valence-corrected chi connectivity index (χ3v) is 7.99. The molecule has 0 N–H and O–H groups in total. The summed E-state index contributed by atoms with van der Waals surface area (Å²) in [6.45, 7) is 0. The molecule has 0 aliphatic rings. The minimum Gasteiger partial charge on any atom is -0.306 e. The fourth-order valence-corrected chi connectivity index (χ4v) is 6.31. The molecule has 0 unspecified atom stereocenters. The number of hydrogen-bond acceptors (Lipinski definition) is 3. The van der Waals surface area contributed by atoms with Crippen LogP contribution in [-0.4, -0.2) is 23.9 Å². The van der Waals surface area contributed by atoms with Gasteiger partial charge in [-0.1, -0.05) is 91.0 Å². The predicted molar refractivity (Wildman–Crippen MR) is 163 cm³/mol. The molecule has 4 aromatic heterocycles. The van der Waals surface area contributed by atoms with Gasteiger partial charge in [0.2, 0.25) is 5.95 Å². The Morgan fingerprint density at radius 1 is 0.525 bits per heavy atom. The SMILES string of the molecule is c1ccc(-c2nc(-n3c4cccc5ccc6c7ccccc7n(c7ccncc73)c6c54)nc3ccccc23)cc1. The Kier molecular flexibility index (Phi) is 4.27. The first kappa shape index (κ1) is 21.4. The van der Waals surface area contributed by atoms with E-state index in [1.807, 2.05) is 30.6 Å². The minimum atomic E-state index is 0.617. The Balaban J connectivity index is 1.56. The number of hydrogen-bond donors (Lipinski definition) is 0. The molecule has 0 bridgehead atoms. The number of rotatable bonds is 2. The number of pyridine rings is 1.